The molecule has 0 spiro atoms. The van der Waals surface area contributed by atoms with Gasteiger partial charge in [-0.25, -0.2) is 13.4 Å². The molecule has 1 amide bonds. The van der Waals surface area contributed by atoms with Crippen molar-refractivity contribution in [3.63, 3.8) is 0 Å². The fourth-order valence-corrected chi connectivity index (χ4v) is 6.92. The molecule has 5 rings (SSSR count). The van der Waals surface area contributed by atoms with Crippen molar-refractivity contribution in [3.8, 4) is 10.6 Å². The van der Waals surface area contributed by atoms with Crippen LogP contribution in [0.4, 0.5) is 5.00 Å². The lowest BCUT2D eigenvalue weighted by molar-refractivity contribution is 0.102. The molecule has 0 aliphatic carbocycles. The van der Waals surface area contributed by atoms with Crippen molar-refractivity contribution >= 4 is 53.6 Å². The molecule has 0 unspecified atom stereocenters. The van der Waals surface area contributed by atoms with E-state index < -0.39 is 9.84 Å². The number of likely N-dealkylation sites (N-methyl/N-ethyl adjacent to an activating group) is 1. The van der Waals surface area contributed by atoms with Crippen LogP contribution in [-0.2, 0) is 22.8 Å². The van der Waals surface area contributed by atoms with Gasteiger partial charge in [0.2, 0.25) is 0 Å². The van der Waals surface area contributed by atoms with Crippen LogP contribution in [-0.4, -0.2) is 44.1 Å². The van der Waals surface area contributed by atoms with Crippen LogP contribution >= 0.6 is 22.7 Å². The third kappa shape index (κ3) is 3.97. The van der Waals surface area contributed by atoms with Gasteiger partial charge >= 0.3 is 0 Å². The molecule has 6 nitrogen and oxygen atoms in total. The molecule has 1 N–H and O–H groups in total. The summed E-state index contributed by atoms with van der Waals surface area (Å²) in [6.45, 7) is 1.80. The van der Waals surface area contributed by atoms with Crippen LogP contribution in [0, 0.1) is 0 Å². The van der Waals surface area contributed by atoms with Crippen LogP contribution in [0.5, 0.6) is 0 Å². The summed E-state index contributed by atoms with van der Waals surface area (Å²) in [5.41, 5.74) is 3.64. The van der Waals surface area contributed by atoms with E-state index in [1.165, 1.54) is 22.6 Å². The number of hydrogen-bond acceptors (Lipinski definition) is 7. The Labute approximate surface area is 194 Å². The second-order valence-electron chi connectivity index (χ2n) is 7.93. The number of sulfone groups is 1. The first kappa shape index (κ1) is 21.3. The standard InChI is InChI=1S/C23H21N3O3S3/c1-26-12-11-16-19(13-26)31-23(20(16)22-24-17-5-3-4-6-18(17)30-22)25-21(27)14-7-9-15(10-8-14)32(2,28)29/h3-10H,11-13H2,1-2H3,(H,25,27). The highest BCUT2D eigenvalue weighted by molar-refractivity contribution is 7.90. The average Bonchev–Trinajstić information content (AvgIpc) is 3.33. The van der Waals surface area contributed by atoms with E-state index in [-0.39, 0.29) is 10.8 Å². The summed E-state index contributed by atoms with van der Waals surface area (Å²) < 4.78 is 24.5. The summed E-state index contributed by atoms with van der Waals surface area (Å²) in [5, 5.41) is 4.78. The van der Waals surface area contributed by atoms with Gasteiger partial charge in [0.25, 0.3) is 5.91 Å². The second kappa shape index (κ2) is 8.08. The van der Waals surface area contributed by atoms with Crippen LogP contribution in [0.2, 0.25) is 0 Å². The minimum atomic E-state index is -3.31. The molecule has 0 saturated heterocycles. The monoisotopic (exact) mass is 483 g/mol. The summed E-state index contributed by atoms with van der Waals surface area (Å²) in [6, 6.07) is 14.1. The minimum Gasteiger partial charge on any atom is -0.313 e. The zero-order valence-corrected chi connectivity index (χ0v) is 20.0. The van der Waals surface area contributed by atoms with E-state index in [0.717, 1.165) is 51.6 Å². The average molecular weight is 484 g/mol. The predicted octanol–water partition coefficient (Wildman–Crippen LogP) is 4.67. The summed E-state index contributed by atoms with van der Waals surface area (Å²) in [4.78, 5) is 21.6. The molecule has 1 aliphatic heterocycles. The molecule has 2 aromatic heterocycles. The molecular formula is C23H21N3O3S3. The van der Waals surface area contributed by atoms with Crippen LogP contribution in [0.3, 0.4) is 0 Å². The number of carbonyl (C=O) groups is 1. The molecule has 0 fully saturated rings. The minimum absolute atomic E-state index is 0.193. The van der Waals surface area contributed by atoms with Gasteiger partial charge in [0, 0.05) is 35.3 Å². The number of rotatable bonds is 4. The first-order chi connectivity index (χ1) is 15.3. The lowest BCUT2D eigenvalue weighted by Gasteiger charge is -2.22. The third-order valence-electron chi connectivity index (χ3n) is 5.53. The summed E-state index contributed by atoms with van der Waals surface area (Å²) in [7, 11) is -1.21. The van der Waals surface area contributed by atoms with Crippen LogP contribution in [0.25, 0.3) is 20.8 Å². The number of carbonyl (C=O) groups excluding carboxylic acids is 1. The Morgan fingerprint density at radius 3 is 2.56 bits per heavy atom. The van der Waals surface area contributed by atoms with E-state index in [9.17, 15) is 13.2 Å². The lowest BCUT2D eigenvalue weighted by Crippen LogP contribution is -2.25. The van der Waals surface area contributed by atoms with Gasteiger partial charge in [0.1, 0.15) is 10.0 Å². The van der Waals surface area contributed by atoms with Gasteiger partial charge < -0.3 is 10.2 Å². The summed E-state index contributed by atoms with van der Waals surface area (Å²) >= 11 is 3.23. The SMILES string of the molecule is CN1CCc2c(sc(NC(=O)c3ccc(S(C)(=O)=O)cc3)c2-c2nc3ccccc3s2)C1. The number of amides is 1. The Balaban J connectivity index is 1.54. The number of hydrogen-bond donors (Lipinski definition) is 1. The normalized spacial score (nSPS) is 14.4. The molecular weight excluding hydrogens is 462 g/mol. The van der Waals surface area contributed by atoms with E-state index >= 15 is 0 Å². The van der Waals surface area contributed by atoms with Crippen molar-refractivity contribution in [2.75, 3.05) is 25.2 Å². The molecule has 9 heteroatoms. The maximum absolute atomic E-state index is 13.0. The van der Waals surface area contributed by atoms with Crippen LogP contribution < -0.4 is 5.32 Å². The Morgan fingerprint density at radius 2 is 1.84 bits per heavy atom. The van der Waals surface area contributed by atoms with Crippen molar-refractivity contribution < 1.29 is 13.2 Å². The van der Waals surface area contributed by atoms with Crippen molar-refractivity contribution in [2.24, 2.45) is 0 Å². The molecule has 0 saturated carbocycles. The van der Waals surface area contributed by atoms with Gasteiger partial charge in [0.15, 0.2) is 9.84 Å². The van der Waals surface area contributed by atoms with E-state index in [2.05, 4.69) is 23.3 Å². The largest absolute Gasteiger partial charge is 0.313 e. The first-order valence-electron chi connectivity index (χ1n) is 10.1. The van der Waals surface area contributed by atoms with Gasteiger partial charge in [-0.1, -0.05) is 12.1 Å². The van der Waals surface area contributed by atoms with E-state index in [1.54, 1.807) is 34.8 Å². The molecule has 4 aromatic rings. The zero-order valence-electron chi connectivity index (χ0n) is 17.6. The number of aromatic nitrogens is 1. The fraction of sp³-hybridized carbons (Fsp3) is 0.217. The van der Waals surface area contributed by atoms with Crippen LogP contribution in [0.1, 0.15) is 20.8 Å². The smallest absolute Gasteiger partial charge is 0.256 e. The van der Waals surface area contributed by atoms with E-state index in [1.807, 2.05) is 18.2 Å². The highest BCUT2D eigenvalue weighted by Gasteiger charge is 2.27. The Morgan fingerprint density at radius 1 is 1.09 bits per heavy atom. The third-order valence-corrected chi connectivity index (χ3v) is 8.84. The highest BCUT2D eigenvalue weighted by Crippen LogP contribution is 2.45. The summed E-state index contributed by atoms with van der Waals surface area (Å²) in [5.74, 6) is -0.264. The molecule has 0 bridgehead atoms. The van der Waals surface area contributed by atoms with E-state index in [0.29, 0.717) is 5.56 Å². The zero-order chi connectivity index (χ0) is 22.5. The lowest BCUT2D eigenvalue weighted by atomic mass is 10.0. The molecule has 3 heterocycles. The molecule has 164 valence electrons. The first-order valence-corrected chi connectivity index (χ1v) is 13.6. The van der Waals surface area contributed by atoms with Crippen molar-refractivity contribution in [1.82, 2.24) is 9.88 Å². The van der Waals surface area contributed by atoms with Crippen molar-refractivity contribution in [1.29, 1.82) is 0 Å². The molecule has 0 radical (unpaired) electrons. The fourth-order valence-electron chi connectivity index (χ4n) is 3.85. The number of nitrogens with one attached hydrogen (secondary N) is 1. The van der Waals surface area contributed by atoms with Crippen molar-refractivity contribution in [2.45, 2.75) is 17.9 Å². The molecule has 1 aliphatic rings. The molecule has 2 aromatic carbocycles. The maximum atomic E-state index is 13.0. The van der Waals surface area contributed by atoms with Gasteiger partial charge in [0.05, 0.1) is 15.1 Å². The topological polar surface area (TPSA) is 79.4 Å². The van der Waals surface area contributed by atoms with Gasteiger partial charge in [-0.15, -0.1) is 22.7 Å². The second-order valence-corrected chi connectivity index (χ2v) is 12.1. The number of thiazole rings is 1. The maximum Gasteiger partial charge on any atom is 0.256 e. The van der Waals surface area contributed by atoms with Gasteiger partial charge in [-0.05, 0) is 55.4 Å². The Bertz CT molecular complexity index is 1400. The molecule has 0 atom stereocenters. The Kier molecular flexibility index (Phi) is 5.37. The number of thiophene rings is 1. The highest BCUT2D eigenvalue weighted by atomic mass is 32.2. The number of nitrogens with zero attached hydrogens (tertiary/aromatic N) is 2. The Hall–Kier alpha value is -2.59. The van der Waals surface area contributed by atoms with Gasteiger partial charge in [-0.3, -0.25) is 4.79 Å². The number of benzene rings is 2. The number of fused-ring (bicyclic) bond motifs is 2. The number of anilines is 1. The van der Waals surface area contributed by atoms with Gasteiger partial charge in [-0.2, -0.15) is 0 Å². The summed E-state index contributed by atoms with van der Waals surface area (Å²) in [6.07, 6.45) is 2.06. The quantitative estimate of drug-likeness (QED) is 0.456. The van der Waals surface area contributed by atoms with E-state index in [4.69, 9.17) is 4.98 Å². The molecule has 32 heavy (non-hydrogen) atoms. The van der Waals surface area contributed by atoms with Crippen LogP contribution in [0.15, 0.2) is 53.4 Å². The van der Waals surface area contributed by atoms with Crippen molar-refractivity contribution in [3.05, 3.63) is 64.5 Å². The number of para-hydroxylation sites is 1. The predicted molar refractivity (Wildman–Crippen MR) is 130 cm³/mol.